The molecule has 25 heavy (non-hydrogen) atoms. The average Bonchev–Trinajstić information content (AvgIpc) is 3.48. The van der Waals surface area contributed by atoms with Crippen LogP contribution in [0.5, 0.6) is 0 Å². The molecule has 4 fully saturated rings. The van der Waals surface area contributed by atoms with E-state index >= 15 is 0 Å². The molecule has 0 N–H and O–H groups in total. The Labute approximate surface area is 151 Å². The largest absolute Gasteiger partial charge is 0.338 e. The fraction of sp³-hybridized carbons (Fsp3) is 0.800. The monoisotopic (exact) mass is 341 g/mol. The van der Waals surface area contributed by atoms with Gasteiger partial charge in [0.05, 0.1) is 0 Å². The molecule has 0 unspecified atom stereocenters. The standard InChI is InChI=1S/C20H31N5/c1-2-4-18(5-3-1)23-8-10-24(11-9-23)19-14-25(15-19)20-21-12-17(13-22-20)16-6-7-16/h12-13,16,18-19H,1-11,14-15H2. The molecule has 0 aromatic carbocycles. The molecule has 136 valence electrons. The topological polar surface area (TPSA) is 35.5 Å². The molecule has 0 bridgehead atoms. The third-order valence-corrected chi connectivity index (χ3v) is 6.81. The summed E-state index contributed by atoms with van der Waals surface area (Å²) in [6.45, 7) is 7.24. The number of piperazine rings is 1. The molecule has 2 aliphatic heterocycles. The van der Waals surface area contributed by atoms with Gasteiger partial charge in [-0.05, 0) is 37.2 Å². The van der Waals surface area contributed by atoms with Crippen LogP contribution in [0.25, 0.3) is 0 Å². The van der Waals surface area contributed by atoms with Crippen LogP contribution >= 0.6 is 0 Å². The summed E-state index contributed by atoms with van der Waals surface area (Å²) in [4.78, 5) is 17.0. The Balaban J connectivity index is 1.09. The Hall–Kier alpha value is -1.20. The maximum Gasteiger partial charge on any atom is 0.225 e. The van der Waals surface area contributed by atoms with Gasteiger partial charge < -0.3 is 4.90 Å². The molecule has 2 aliphatic carbocycles. The first kappa shape index (κ1) is 16.0. The Morgan fingerprint density at radius 1 is 0.720 bits per heavy atom. The third-order valence-electron chi connectivity index (χ3n) is 6.81. The lowest BCUT2D eigenvalue weighted by Gasteiger charge is -2.49. The van der Waals surface area contributed by atoms with Crippen molar-refractivity contribution in [2.75, 3.05) is 44.2 Å². The minimum Gasteiger partial charge on any atom is -0.338 e. The minimum atomic E-state index is 0.709. The molecular formula is C20H31N5. The fourth-order valence-electron chi connectivity index (χ4n) is 4.89. The van der Waals surface area contributed by atoms with Gasteiger partial charge in [-0.15, -0.1) is 0 Å². The van der Waals surface area contributed by atoms with Gasteiger partial charge in [0.15, 0.2) is 0 Å². The highest BCUT2D eigenvalue weighted by Crippen LogP contribution is 2.39. The molecule has 2 saturated heterocycles. The Kier molecular flexibility index (Phi) is 4.38. The number of hydrogen-bond acceptors (Lipinski definition) is 5. The smallest absolute Gasteiger partial charge is 0.225 e. The number of hydrogen-bond donors (Lipinski definition) is 0. The van der Waals surface area contributed by atoms with Gasteiger partial charge in [-0.2, -0.15) is 0 Å². The van der Waals surface area contributed by atoms with E-state index in [9.17, 15) is 0 Å². The summed E-state index contributed by atoms with van der Waals surface area (Å²) < 4.78 is 0. The van der Waals surface area contributed by atoms with Crippen LogP contribution in [0, 0.1) is 0 Å². The molecule has 2 saturated carbocycles. The second kappa shape index (κ2) is 6.84. The normalized spacial score (nSPS) is 27.4. The van der Waals surface area contributed by atoms with E-state index in [1.165, 1.54) is 76.7 Å². The van der Waals surface area contributed by atoms with Crippen molar-refractivity contribution in [3.05, 3.63) is 18.0 Å². The van der Waals surface area contributed by atoms with Crippen LogP contribution in [-0.2, 0) is 0 Å². The van der Waals surface area contributed by atoms with Gasteiger partial charge in [0.25, 0.3) is 0 Å². The molecule has 1 aromatic rings. The first-order chi connectivity index (χ1) is 12.4. The van der Waals surface area contributed by atoms with Crippen LogP contribution in [0.4, 0.5) is 5.95 Å². The Morgan fingerprint density at radius 2 is 1.32 bits per heavy atom. The van der Waals surface area contributed by atoms with Crippen LogP contribution in [0.2, 0.25) is 0 Å². The van der Waals surface area contributed by atoms with Crippen molar-refractivity contribution in [3.63, 3.8) is 0 Å². The lowest BCUT2D eigenvalue weighted by molar-refractivity contribution is 0.0485. The van der Waals surface area contributed by atoms with Gasteiger partial charge in [0, 0.05) is 63.7 Å². The highest BCUT2D eigenvalue weighted by Gasteiger charge is 2.36. The van der Waals surface area contributed by atoms with Crippen molar-refractivity contribution in [2.24, 2.45) is 0 Å². The number of anilines is 1. The molecule has 0 spiro atoms. The first-order valence-electron chi connectivity index (χ1n) is 10.4. The zero-order chi connectivity index (χ0) is 16.6. The van der Waals surface area contributed by atoms with Crippen molar-refractivity contribution in [2.45, 2.75) is 62.9 Å². The fourth-order valence-corrected chi connectivity index (χ4v) is 4.89. The van der Waals surface area contributed by atoms with Crippen molar-refractivity contribution >= 4 is 5.95 Å². The van der Waals surface area contributed by atoms with E-state index in [1.54, 1.807) is 0 Å². The molecule has 1 aromatic heterocycles. The van der Waals surface area contributed by atoms with Gasteiger partial charge >= 0.3 is 0 Å². The van der Waals surface area contributed by atoms with Crippen molar-refractivity contribution < 1.29 is 0 Å². The molecular weight excluding hydrogens is 310 g/mol. The zero-order valence-electron chi connectivity index (χ0n) is 15.3. The molecule has 0 amide bonds. The van der Waals surface area contributed by atoms with E-state index in [0.717, 1.165) is 31.0 Å². The summed E-state index contributed by atoms with van der Waals surface area (Å²) in [6.07, 6.45) is 14.0. The number of aromatic nitrogens is 2. The van der Waals surface area contributed by atoms with E-state index < -0.39 is 0 Å². The van der Waals surface area contributed by atoms with Gasteiger partial charge in [0.2, 0.25) is 5.95 Å². The van der Waals surface area contributed by atoms with Gasteiger partial charge in [0.1, 0.15) is 0 Å². The van der Waals surface area contributed by atoms with Crippen molar-refractivity contribution in [1.29, 1.82) is 0 Å². The summed E-state index contributed by atoms with van der Waals surface area (Å²) in [6, 6.07) is 1.59. The lowest BCUT2D eigenvalue weighted by atomic mass is 9.93. The Morgan fingerprint density at radius 3 is 1.92 bits per heavy atom. The quantitative estimate of drug-likeness (QED) is 0.841. The van der Waals surface area contributed by atoms with E-state index in [4.69, 9.17) is 0 Å². The molecule has 4 aliphatic rings. The van der Waals surface area contributed by atoms with Crippen molar-refractivity contribution in [1.82, 2.24) is 19.8 Å². The minimum absolute atomic E-state index is 0.709. The summed E-state index contributed by atoms with van der Waals surface area (Å²) in [5.74, 6) is 1.68. The van der Waals surface area contributed by atoms with Crippen LogP contribution < -0.4 is 4.90 Å². The molecule has 0 radical (unpaired) electrons. The third kappa shape index (κ3) is 3.41. The van der Waals surface area contributed by atoms with E-state index in [1.807, 2.05) is 0 Å². The highest BCUT2D eigenvalue weighted by molar-refractivity contribution is 5.36. The van der Waals surface area contributed by atoms with Crippen molar-refractivity contribution in [3.8, 4) is 0 Å². The molecule has 5 nitrogen and oxygen atoms in total. The maximum absolute atomic E-state index is 4.60. The predicted octanol–water partition coefficient (Wildman–Crippen LogP) is 2.49. The van der Waals surface area contributed by atoms with E-state index in [-0.39, 0.29) is 0 Å². The van der Waals surface area contributed by atoms with Crippen LogP contribution in [0.3, 0.4) is 0 Å². The zero-order valence-corrected chi connectivity index (χ0v) is 15.3. The van der Waals surface area contributed by atoms with Gasteiger partial charge in [-0.1, -0.05) is 19.3 Å². The lowest BCUT2D eigenvalue weighted by Crippen LogP contribution is -2.64. The number of rotatable bonds is 4. The summed E-state index contributed by atoms with van der Waals surface area (Å²) >= 11 is 0. The summed E-state index contributed by atoms with van der Waals surface area (Å²) in [5, 5.41) is 0. The number of nitrogens with zero attached hydrogens (tertiary/aromatic N) is 5. The molecule has 3 heterocycles. The average molecular weight is 342 g/mol. The second-order valence-corrected chi connectivity index (χ2v) is 8.51. The maximum atomic E-state index is 4.60. The van der Waals surface area contributed by atoms with Crippen LogP contribution in [0.15, 0.2) is 12.4 Å². The van der Waals surface area contributed by atoms with Gasteiger partial charge in [-0.3, -0.25) is 9.80 Å². The van der Waals surface area contributed by atoms with Gasteiger partial charge in [-0.25, -0.2) is 9.97 Å². The molecule has 5 rings (SSSR count). The summed E-state index contributed by atoms with van der Waals surface area (Å²) in [7, 11) is 0. The van der Waals surface area contributed by atoms with Crippen LogP contribution in [0.1, 0.15) is 56.4 Å². The SMILES string of the molecule is c1nc(N2CC(N3CCN(C4CCCCC4)CC3)C2)ncc1C1CC1. The van der Waals surface area contributed by atoms with E-state index in [0.29, 0.717) is 6.04 Å². The second-order valence-electron chi connectivity index (χ2n) is 8.51. The summed E-state index contributed by atoms with van der Waals surface area (Å²) in [5.41, 5.74) is 1.33. The predicted molar refractivity (Wildman–Crippen MR) is 100 cm³/mol. The van der Waals surface area contributed by atoms with E-state index in [2.05, 4.69) is 37.1 Å². The van der Waals surface area contributed by atoms with Crippen LogP contribution in [-0.4, -0.2) is 71.1 Å². The highest BCUT2D eigenvalue weighted by atomic mass is 15.4. The molecule has 0 atom stereocenters. The molecule has 5 heteroatoms. The first-order valence-corrected chi connectivity index (χ1v) is 10.4. The Bertz CT molecular complexity index is 564.